The lowest BCUT2D eigenvalue weighted by Crippen LogP contribution is -2.52. The van der Waals surface area contributed by atoms with Crippen LogP contribution in [0.5, 0.6) is 0 Å². The Bertz CT molecular complexity index is 1970. The molecule has 15 heterocycles. The highest BCUT2D eigenvalue weighted by Crippen LogP contribution is 2.31. The van der Waals surface area contributed by atoms with Crippen LogP contribution in [0, 0.1) is 29.6 Å². The molecule has 2 bridgehead atoms. The summed E-state index contributed by atoms with van der Waals surface area (Å²) in [4.78, 5) is 70.5. The van der Waals surface area contributed by atoms with Gasteiger partial charge in [-0.15, -0.1) is 0 Å². The monoisotopic (exact) mass is 1390 g/mol. The number of nitrogens with zero attached hydrogens (tertiary/aromatic N) is 21. The second-order valence-corrected chi connectivity index (χ2v) is 34.2. The number of hydrogen-bond acceptors (Lipinski definition) is 21. The number of piperidine rings is 1. The maximum absolute atomic E-state index is 10.9. The lowest BCUT2D eigenvalue weighted by molar-refractivity contribution is -0.134. The summed E-state index contributed by atoms with van der Waals surface area (Å²) in [6.45, 7) is 47.5. The van der Waals surface area contributed by atoms with Gasteiger partial charge in [0.2, 0.25) is 11.8 Å². The third-order valence-electron chi connectivity index (χ3n) is 24.3. The summed E-state index contributed by atoms with van der Waals surface area (Å²) in [6.07, 6.45) is 5.53. The molecule has 15 saturated heterocycles. The lowest BCUT2D eigenvalue weighted by atomic mass is 9.93. The van der Waals surface area contributed by atoms with Gasteiger partial charge in [0, 0.05) is 245 Å². The minimum Gasteiger partial charge on any atom is -0.343 e. The van der Waals surface area contributed by atoms with Gasteiger partial charge in [-0.25, -0.2) is 0 Å². The summed E-state index contributed by atoms with van der Waals surface area (Å²) in [5.41, 5.74) is 0. The Morgan fingerprint density at radius 3 is 0.796 bits per heavy atom. The van der Waals surface area contributed by atoms with Crippen LogP contribution in [-0.4, -0.2) is 521 Å². The van der Waals surface area contributed by atoms with E-state index in [1.54, 1.807) is 9.80 Å². The molecular weight excluding hydrogens is 1230 g/mol. The molecule has 98 heavy (non-hydrogen) atoms. The number of rotatable bonds is 0. The van der Waals surface area contributed by atoms with Crippen LogP contribution in [-0.2, 0) is 9.59 Å². The summed E-state index contributed by atoms with van der Waals surface area (Å²) < 4.78 is 0. The van der Waals surface area contributed by atoms with Crippen molar-refractivity contribution < 1.29 is 9.59 Å². The Morgan fingerprint density at radius 2 is 0.541 bits per heavy atom. The van der Waals surface area contributed by atoms with Gasteiger partial charge >= 0.3 is 0 Å². The van der Waals surface area contributed by atoms with Crippen LogP contribution in [0.3, 0.4) is 0 Å². The second-order valence-electron chi connectivity index (χ2n) is 34.2. The second kappa shape index (κ2) is 44.2. The molecule has 15 aliphatic heterocycles. The number of piperazine rings is 6. The topological polar surface area (TPSA) is 102 Å². The molecule has 0 aromatic heterocycles. The van der Waals surface area contributed by atoms with E-state index in [0.717, 1.165) is 92.0 Å². The third kappa shape index (κ3) is 31.5. The van der Waals surface area contributed by atoms with Crippen LogP contribution in [0.4, 0.5) is 0 Å². The molecule has 23 nitrogen and oxygen atoms in total. The summed E-state index contributed by atoms with van der Waals surface area (Å²) in [5, 5.41) is 0. The minimum absolute atomic E-state index is 0.226. The highest BCUT2D eigenvalue weighted by Gasteiger charge is 2.43. The fourth-order valence-electron chi connectivity index (χ4n) is 16.2. The van der Waals surface area contributed by atoms with E-state index in [4.69, 9.17) is 0 Å². The van der Waals surface area contributed by atoms with Crippen molar-refractivity contribution in [3.8, 4) is 0 Å². The van der Waals surface area contributed by atoms with Crippen molar-refractivity contribution in [2.45, 2.75) is 82.7 Å². The fourth-order valence-corrected chi connectivity index (χ4v) is 16.2. The van der Waals surface area contributed by atoms with Crippen molar-refractivity contribution in [1.29, 1.82) is 0 Å². The number of amides is 2. The zero-order valence-corrected chi connectivity index (χ0v) is 68.4. The van der Waals surface area contributed by atoms with Crippen LogP contribution in [0.1, 0.15) is 46.5 Å². The minimum atomic E-state index is 0.226. The zero-order valence-electron chi connectivity index (χ0n) is 68.4. The SMILES string of the molecule is CC1CCN(C)CC1.CC1CN(C)CCN1C.CC1CN(C)CCN1C.CN1CC2CN(C)C2C1.CN1CC2CN(C)C2C1.CN1CC2CN(C)CC2C1.CN1CCCN(C)CC1.CN1CCN(C)C(=O)C1.CN1CCN(C)C(=O)C1.CN1CCN(C)CC1.CN1C[C@H]2C[C@@H]1CN2C. The predicted molar refractivity (Wildman–Crippen MR) is 414 cm³/mol. The quantitative estimate of drug-likeness (QED) is 0.338. The Hall–Kier alpha value is -1.82. The summed E-state index contributed by atoms with van der Waals surface area (Å²) >= 11 is 0. The van der Waals surface area contributed by atoms with Crippen molar-refractivity contribution in [2.24, 2.45) is 29.6 Å². The molecule has 23 heteroatoms. The number of fused-ring (bicyclic) bond motifs is 5. The molecule has 0 N–H and O–H groups in total. The Morgan fingerprint density at radius 1 is 0.245 bits per heavy atom. The fraction of sp³-hybridized carbons (Fsp3) is 0.973. The van der Waals surface area contributed by atoms with Crippen LogP contribution in [0.2, 0.25) is 0 Å². The van der Waals surface area contributed by atoms with Crippen LogP contribution < -0.4 is 0 Å². The summed E-state index contributed by atoms with van der Waals surface area (Å²) in [7, 11) is 45.1. The highest BCUT2D eigenvalue weighted by molar-refractivity contribution is 5.79. The zero-order chi connectivity index (χ0) is 72.5. The van der Waals surface area contributed by atoms with Gasteiger partial charge in [0.1, 0.15) is 0 Å². The first-order valence-electron chi connectivity index (χ1n) is 38.8. The highest BCUT2D eigenvalue weighted by atomic mass is 16.2. The van der Waals surface area contributed by atoms with Gasteiger partial charge in [0.25, 0.3) is 0 Å². The molecule has 0 saturated carbocycles. The average molecular weight is 1390 g/mol. The van der Waals surface area contributed by atoms with Crippen LogP contribution in [0.25, 0.3) is 0 Å². The number of carbonyl (C=O) groups excluding carboxylic acids is 2. The molecule has 0 aromatic carbocycles. The van der Waals surface area contributed by atoms with Gasteiger partial charge in [-0.05, 0) is 217 Å². The van der Waals surface area contributed by atoms with E-state index in [1.165, 1.54) is 209 Å². The van der Waals surface area contributed by atoms with E-state index in [1.807, 2.05) is 38.0 Å². The average Bonchev–Trinajstić information content (AvgIpc) is 1.66. The maximum atomic E-state index is 10.9. The number of carbonyl (C=O) groups is 2. The smallest absolute Gasteiger partial charge is 0.236 e. The Kier molecular flexibility index (Phi) is 39.2. The van der Waals surface area contributed by atoms with E-state index in [2.05, 4.69) is 224 Å². The molecule has 0 aromatic rings. The van der Waals surface area contributed by atoms with Gasteiger partial charge in [-0.3, -0.25) is 19.4 Å². The molecule has 576 valence electrons. The molecule has 15 fully saturated rings. The first-order valence-corrected chi connectivity index (χ1v) is 38.8. The predicted octanol–water partition coefficient (Wildman–Crippen LogP) is 0.588. The van der Waals surface area contributed by atoms with Gasteiger partial charge < -0.3 is 93.1 Å². The molecule has 0 radical (unpaired) electrons. The molecule has 0 spiro atoms. The molecule has 15 aliphatic rings. The number of likely N-dealkylation sites (N-methyl/N-ethyl adjacent to an activating group) is 18. The van der Waals surface area contributed by atoms with E-state index in [9.17, 15) is 9.59 Å². The molecule has 6 unspecified atom stereocenters. The lowest BCUT2D eigenvalue weighted by Gasteiger charge is -2.40. The van der Waals surface area contributed by atoms with Crippen molar-refractivity contribution >= 4 is 11.8 Å². The molecule has 8 atom stereocenters. The molecular formula is C75H159N21O2. The first-order chi connectivity index (χ1) is 46.2. The van der Waals surface area contributed by atoms with Gasteiger partial charge in [-0.1, -0.05) is 6.92 Å². The third-order valence-corrected chi connectivity index (χ3v) is 24.3. The van der Waals surface area contributed by atoms with Crippen LogP contribution >= 0.6 is 0 Å². The van der Waals surface area contributed by atoms with Crippen molar-refractivity contribution in [3.05, 3.63) is 0 Å². The van der Waals surface area contributed by atoms with E-state index >= 15 is 0 Å². The van der Waals surface area contributed by atoms with Crippen LogP contribution in [0.15, 0.2) is 0 Å². The van der Waals surface area contributed by atoms with Gasteiger partial charge in [0.15, 0.2) is 0 Å². The Balaban J connectivity index is 0.000000195. The largest absolute Gasteiger partial charge is 0.343 e. The van der Waals surface area contributed by atoms with Crippen molar-refractivity contribution in [3.63, 3.8) is 0 Å². The normalized spacial score (nSPS) is 33.6. The van der Waals surface area contributed by atoms with Gasteiger partial charge in [-0.2, -0.15) is 0 Å². The van der Waals surface area contributed by atoms with Crippen molar-refractivity contribution in [1.82, 2.24) is 103 Å². The first kappa shape index (κ1) is 86.8. The van der Waals surface area contributed by atoms with E-state index in [0.29, 0.717) is 13.1 Å². The molecule has 2 amide bonds. The van der Waals surface area contributed by atoms with Crippen molar-refractivity contribution in [2.75, 3.05) is 371 Å². The standard InChI is InChI=1S/C8H16N2.3C7H14N2.3C7H16N2.C7H15N.2C6H12N2O.C6H14N2/c1-9-3-7-5-10(2)6-8(7)4-9;1-8-4-7-3-6(8)5-9(7)2;2*1-8-3-6-4-9(2)7(6)5-8;2*1-7-6-8(2)4-5-9(7)3;1-8-4-3-5-9(2)7-6-8;1-7-3-5-8(2)6-4-7;2*1-7-3-4-8(2)6(9)5-7;1-7-3-5-8(2)6-4-7/h7-8H,3-6H2,1-2H3;3*6-7H,3-5H2,1-2H3;2*7H,4-6H2,1-3H3;3-7H2,1-2H3;7H,3-6H2,1-2H3;2*3-5H2,1-2H3;3-6H2,1-2H3/t;6-,7-;;;;;;;;;/m.1........./s1. The van der Waals surface area contributed by atoms with Gasteiger partial charge in [0.05, 0.1) is 13.1 Å². The molecule has 15 rings (SSSR count). The number of hydrogen-bond donors (Lipinski definition) is 0. The summed E-state index contributed by atoms with van der Waals surface area (Å²) in [5.74, 6) is 5.39. The number of likely N-dealkylation sites (tertiary alicyclic amines) is 9. The Labute approximate surface area is 604 Å². The van der Waals surface area contributed by atoms with E-state index in [-0.39, 0.29) is 11.8 Å². The summed E-state index contributed by atoms with van der Waals surface area (Å²) in [6, 6.07) is 5.03. The maximum Gasteiger partial charge on any atom is 0.236 e. The molecule has 0 aliphatic carbocycles. The van der Waals surface area contributed by atoms with E-state index < -0.39 is 0 Å².